The highest BCUT2D eigenvalue weighted by Gasteiger charge is 2.26. The van der Waals surface area contributed by atoms with E-state index in [2.05, 4.69) is 35.2 Å². The maximum absolute atomic E-state index is 11.0. The Morgan fingerprint density at radius 2 is 1.72 bits per heavy atom. The van der Waals surface area contributed by atoms with Gasteiger partial charge in [-0.05, 0) is 116 Å². The molecular weight excluding hydrogens is 560 g/mol. The number of aliphatic carboxylic acids is 1. The highest BCUT2D eigenvalue weighted by Crippen LogP contribution is 2.39. The van der Waals surface area contributed by atoms with Crippen molar-refractivity contribution in [3.63, 3.8) is 0 Å². The van der Waals surface area contributed by atoms with E-state index in [-0.39, 0.29) is 13.0 Å². The van der Waals surface area contributed by atoms with Crippen molar-refractivity contribution < 1.29 is 19.7 Å². The SMILES string of the molecule is O=C(O)C[C@H]1CC[C@H](c2ccc(OCC(O)CN3CCC(=C4c5ccc(Cl)cc5CCc5cccnc54)CC3)cc2)CC1. The number of carbonyl (C=O) groups is 1. The fourth-order valence-corrected chi connectivity index (χ4v) is 7.41. The maximum Gasteiger partial charge on any atom is 0.303 e. The summed E-state index contributed by atoms with van der Waals surface area (Å²) in [6, 6.07) is 18.7. The fraction of sp³-hybridized carbons (Fsp3) is 0.444. The number of hydrogen-bond acceptors (Lipinski definition) is 5. The number of rotatable bonds is 8. The van der Waals surface area contributed by atoms with Gasteiger partial charge in [0.2, 0.25) is 0 Å². The monoisotopic (exact) mass is 600 g/mol. The lowest BCUT2D eigenvalue weighted by molar-refractivity contribution is -0.138. The second kappa shape index (κ2) is 13.6. The van der Waals surface area contributed by atoms with Crippen LogP contribution in [0.2, 0.25) is 5.02 Å². The topological polar surface area (TPSA) is 82.9 Å². The fourth-order valence-electron chi connectivity index (χ4n) is 7.22. The van der Waals surface area contributed by atoms with Crippen LogP contribution >= 0.6 is 11.6 Å². The Morgan fingerprint density at radius 3 is 2.47 bits per heavy atom. The van der Waals surface area contributed by atoms with Crippen molar-refractivity contribution >= 4 is 23.1 Å². The Hall–Kier alpha value is -3.19. The molecule has 226 valence electrons. The first-order valence-electron chi connectivity index (χ1n) is 15.7. The summed E-state index contributed by atoms with van der Waals surface area (Å²) in [5, 5.41) is 20.6. The third kappa shape index (κ3) is 7.31. The van der Waals surface area contributed by atoms with E-state index < -0.39 is 12.1 Å². The zero-order chi connectivity index (χ0) is 29.8. The van der Waals surface area contributed by atoms with Gasteiger partial charge < -0.3 is 14.9 Å². The van der Waals surface area contributed by atoms with Crippen LogP contribution in [0.3, 0.4) is 0 Å². The quantitative estimate of drug-likeness (QED) is 0.292. The van der Waals surface area contributed by atoms with Gasteiger partial charge in [-0.15, -0.1) is 0 Å². The molecule has 7 heteroatoms. The van der Waals surface area contributed by atoms with E-state index in [0.29, 0.717) is 18.4 Å². The first-order valence-corrected chi connectivity index (χ1v) is 16.1. The molecule has 2 heterocycles. The Labute approximate surface area is 259 Å². The number of fused-ring (bicyclic) bond motifs is 2. The van der Waals surface area contributed by atoms with Crippen LogP contribution in [0, 0.1) is 5.92 Å². The number of halogens is 1. The molecule has 1 atom stereocenters. The number of aryl methyl sites for hydroxylation is 2. The average Bonchev–Trinajstić information content (AvgIpc) is 3.17. The molecule has 1 saturated carbocycles. The smallest absolute Gasteiger partial charge is 0.303 e. The van der Waals surface area contributed by atoms with Crippen molar-refractivity contribution in [3.8, 4) is 5.75 Å². The number of aromatic nitrogens is 1. The number of piperidine rings is 1. The molecule has 6 rings (SSSR count). The number of nitrogens with zero attached hydrogens (tertiary/aromatic N) is 2. The summed E-state index contributed by atoms with van der Waals surface area (Å²) in [6.07, 6.45) is 9.45. The predicted molar refractivity (Wildman–Crippen MR) is 170 cm³/mol. The van der Waals surface area contributed by atoms with Gasteiger partial charge in [-0.3, -0.25) is 14.7 Å². The number of β-amino-alcohol motifs (C(OH)–C–C–N with tert-alkyl or cyclic N) is 1. The number of likely N-dealkylation sites (tertiary alicyclic amines) is 1. The summed E-state index contributed by atoms with van der Waals surface area (Å²) >= 11 is 6.38. The minimum Gasteiger partial charge on any atom is -0.491 e. The number of hydrogen-bond donors (Lipinski definition) is 2. The largest absolute Gasteiger partial charge is 0.491 e. The van der Waals surface area contributed by atoms with Crippen LogP contribution in [-0.4, -0.2) is 58.4 Å². The normalized spacial score (nSPS) is 21.4. The molecule has 2 aliphatic carbocycles. The maximum atomic E-state index is 11.0. The van der Waals surface area contributed by atoms with Crippen molar-refractivity contribution in [2.24, 2.45) is 5.92 Å². The molecule has 1 saturated heterocycles. The van der Waals surface area contributed by atoms with Gasteiger partial charge in [0.15, 0.2) is 0 Å². The van der Waals surface area contributed by atoms with E-state index in [1.807, 2.05) is 30.5 Å². The van der Waals surface area contributed by atoms with Crippen LogP contribution in [0.15, 0.2) is 66.4 Å². The third-order valence-electron chi connectivity index (χ3n) is 9.51. The van der Waals surface area contributed by atoms with Crippen LogP contribution in [0.4, 0.5) is 0 Å². The number of carboxylic acids is 1. The lowest BCUT2D eigenvalue weighted by Gasteiger charge is -2.31. The zero-order valence-electron chi connectivity index (χ0n) is 24.7. The highest BCUT2D eigenvalue weighted by atomic mass is 35.5. The molecule has 2 fully saturated rings. The second-order valence-electron chi connectivity index (χ2n) is 12.4. The van der Waals surface area contributed by atoms with E-state index in [1.54, 1.807) is 0 Å². The lowest BCUT2D eigenvalue weighted by Crippen LogP contribution is -2.39. The Bertz CT molecular complexity index is 1450. The van der Waals surface area contributed by atoms with Crippen molar-refractivity contribution in [1.29, 1.82) is 0 Å². The average molecular weight is 601 g/mol. The molecule has 1 aliphatic heterocycles. The van der Waals surface area contributed by atoms with Crippen molar-refractivity contribution in [1.82, 2.24) is 9.88 Å². The summed E-state index contributed by atoms with van der Waals surface area (Å²) in [4.78, 5) is 18.2. The molecule has 0 bridgehead atoms. The Kier molecular flexibility index (Phi) is 9.46. The second-order valence-corrected chi connectivity index (χ2v) is 12.9. The molecule has 0 radical (unpaired) electrons. The molecule has 2 aromatic carbocycles. The Balaban J connectivity index is 1.02. The van der Waals surface area contributed by atoms with Crippen LogP contribution in [0.5, 0.6) is 5.75 Å². The number of carboxylic acid groups (broad SMARTS) is 1. The van der Waals surface area contributed by atoms with Crippen LogP contribution in [0.25, 0.3) is 5.57 Å². The van der Waals surface area contributed by atoms with E-state index in [0.717, 1.165) is 80.9 Å². The predicted octanol–water partition coefficient (Wildman–Crippen LogP) is 6.92. The summed E-state index contributed by atoms with van der Waals surface area (Å²) in [5.41, 5.74) is 8.95. The molecule has 1 unspecified atom stereocenters. The molecule has 6 nitrogen and oxygen atoms in total. The highest BCUT2D eigenvalue weighted by molar-refractivity contribution is 6.30. The Morgan fingerprint density at radius 1 is 0.977 bits per heavy atom. The van der Waals surface area contributed by atoms with Gasteiger partial charge in [0.1, 0.15) is 18.5 Å². The number of ether oxygens (including phenoxy) is 1. The lowest BCUT2D eigenvalue weighted by atomic mass is 9.77. The summed E-state index contributed by atoms with van der Waals surface area (Å²) < 4.78 is 5.96. The first-order chi connectivity index (χ1) is 20.9. The molecule has 0 spiro atoms. The van der Waals surface area contributed by atoms with Gasteiger partial charge in [-0.1, -0.05) is 41.4 Å². The molecule has 1 aromatic heterocycles. The van der Waals surface area contributed by atoms with Crippen LogP contribution in [0.1, 0.15) is 78.8 Å². The van der Waals surface area contributed by atoms with E-state index in [1.165, 1.54) is 33.4 Å². The standard InChI is InChI=1S/C36H41ClN2O4/c37-30-11-14-33-29(21-30)8-7-28-2-1-17-38-36(28)35(33)27-15-18-39(19-16-27)22-31(40)23-43-32-12-9-26(10-13-32)25-5-3-24(4-6-25)20-34(41)42/h1-2,9-14,17,21,24-25,31,40H,3-8,15-16,18-20,22-23H2,(H,41,42)/t24-,25-,31?. The summed E-state index contributed by atoms with van der Waals surface area (Å²) in [5.74, 6) is 0.872. The minimum absolute atomic E-state index is 0.259. The number of aliphatic hydroxyl groups excluding tert-OH is 1. The van der Waals surface area contributed by atoms with Gasteiger partial charge in [-0.2, -0.15) is 0 Å². The van der Waals surface area contributed by atoms with Gasteiger partial charge in [-0.25, -0.2) is 0 Å². The van der Waals surface area contributed by atoms with Gasteiger partial charge in [0, 0.05) is 42.8 Å². The van der Waals surface area contributed by atoms with Gasteiger partial charge in [0.05, 0.1) is 5.69 Å². The molecule has 3 aliphatic rings. The zero-order valence-corrected chi connectivity index (χ0v) is 25.4. The molecule has 3 aromatic rings. The van der Waals surface area contributed by atoms with Crippen molar-refractivity contribution in [3.05, 3.63) is 99.3 Å². The van der Waals surface area contributed by atoms with E-state index in [9.17, 15) is 9.90 Å². The third-order valence-corrected chi connectivity index (χ3v) is 9.75. The van der Waals surface area contributed by atoms with Crippen molar-refractivity contribution in [2.75, 3.05) is 26.2 Å². The van der Waals surface area contributed by atoms with Crippen LogP contribution < -0.4 is 4.74 Å². The molecular formula is C36H41ClN2O4. The number of aliphatic hydroxyl groups is 1. The number of benzene rings is 2. The molecule has 0 amide bonds. The molecule has 43 heavy (non-hydrogen) atoms. The molecule has 2 N–H and O–H groups in total. The van der Waals surface area contributed by atoms with Crippen LogP contribution in [-0.2, 0) is 17.6 Å². The summed E-state index contributed by atoms with van der Waals surface area (Å²) in [7, 11) is 0. The van der Waals surface area contributed by atoms with Gasteiger partial charge >= 0.3 is 5.97 Å². The minimum atomic E-state index is -0.690. The first kappa shape index (κ1) is 29.9. The van der Waals surface area contributed by atoms with E-state index in [4.69, 9.17) is 26.4 Å². The van der Waals surface area contributed by atoms with Crippen molar-refractivity contribution in [2.45, 2.75) is 69.8 Å². The van der Waals surface area contributed by atoms with E-state index >= 15 is 0 Å². The van der Waals surface area contributed by atoms with Gasteiger partial charge in [0.25, 0.3) is 0 Å². The number of pyridine rings is 1. The summed E-state index contributed by atoms with van der Waals surface area (Å²) in [6.45, 7) is 2.63.